The van der Waals surface area contributed by atoms with Gasteiger partial charge >= 0.3 is 12.1 Å². The van der Waals surface area contributed by atoms with Gasteiger partial charge in [0.15, 0.2) is 5.82 Å². The summed E-state index contributed by atoms with van der Waals surface area (Å²) in [5.74, 6) is 1.05. The van der Waals surface area contributed by atoms with Crippen LogP contribution in [0.5, 0.6) is 5.75 Å². The van der Waals surface area contributed by atoms with Crippen molar-refractivity contribution in [2.75, 3.05) is 7.11 Å². The van der Waals surface area contributed by atoms with E-state index in [1.807, 2.05) is 79.8 Å². The minimum Gasteiger partial charge on any atom is -0.494 e. The molecule has 2 aliphatic rings. The third-order valence-electron chi connectivity index (χ3n) is 11.1. The summed E-state index contributed by atoms with van der Waals surface area (Å²) in [4.78, 5) is 51.2. The highest BCUT2D eigenvalue weighted by Gasteiger charge is 2.49. The van der Waals surface area contributed by atoms with Gasteiger partial charge in [0.1, 0.15) is 29.1 Å². The van der Waals surface area contributed by atoms with Crippen molar-refractivity contribution in [2.24, 2.45) is 7.05 Å². The number of rotatable bonds is 15. The molecule has 0 aliphatic carbocycles. The number of nitrogens with one attached hydrogen (secondary N) is 1. The third-order valence-corrected chi connectivity index (χ3v) is 11.1. The van der Waals surface area contributed by atoms with E-state index in [2.05, 4.69) is 28.6 Å². The fourth-order valence-corrected chi connectivity index (χ4v) is 8.47. The number of amides is 2. The molecule has 2 saturated heterocycles. The van der Waals surface area contributed by atoms with E-state index in [-0.39, 0.29) is 36.6 Å². The molecule has 300 valence electrons. The molecule has 0 radical (unpaired) electrons. The molecule has 3 aromatic heterocycles. The number of hydrogen-bond acceptors (Lipinski definition) is 8. The lowest BCUT2D eigenvalue weighted by Crippen LogP contribution is -2.45. The topological polar surface area (TPSA) is 130 Å². The summed E-state index contributed by atoms with van der Waals surface area (Å²) in [6, 6.07) is 19.1. The van der Waals surface area contributed by atoms with E-state index in [0.717, 1.165) is 90.8 Å². The second kappa shape index (κ2) is 16.8. The Morgan fingerprint density at radius 2 is 1.74 bits per heavy atom. The van der Waals surface area contributed by atoms with Crippen molar-refractivity contribution >= 4 is 46.1 Å². The summed E-state index contributed by atoms with van der Waals surface area (Å²) >= 11 is 0. The van der Waals surface area contributed by atoms with Crippen LogP contribution in [0.2, 0.25) is 0 Å². The predicted octanol–water partition coefficient (Wildman–Crippen LogP) is 8.60. The molecule has 0 saturated carbocycles. The standard InChI is InChI=1S/C45H54N6O6/c1-7-32-20-19-30-25-37(50(41(30)46-32)23-15-10-8-9-14-18-39(52)57-45(2,3)4)42-47-35-24-31(26-38(55-6)40(35)49(42)5)43(53)51-33-21-22-36(51)34(27-33)48-44(54)56-28-29-16-12-11-13-17-29/h7,11-13,16-17,19-20,24-26,33-34,36H,1,8-10,14-15,18,21-23,27-28H2,2-6H3,(H,48,54)/t33-,34+,36+/m0/s1. The van der Waals surface area contributed by atoms with Gasteiger partial charge in [-0.2, -0.15) is 0 Å². The molecule has 57 heavy (non-hydrogen) atoms. The Balaban J connectivity index is 1.08. The minimum atomic E-state index is -0.475. The Morgan fingerprint density at radius 1 is 0.965 bits per heavy atom. The van der Waals surface area contributed by atoms with Crippen LogP contribution in [0.4, 0.5) is 4.79 Å². The van der Waals surface area contributed by atoms with E-state index >= 15 is 0 Å². The van der Waals surface area contributed by atoms with E-state index < -0.39 is 11.7 Å². The van der Waals surface area contributed by atoms with Gasteiger partial charge in [-0.15, -0.1) is 0 Å². The van der Waals surface area contributed by atoms with Crippen molar-refractivity contribution in [1.29, 1.82) is 0 Å². The van der Waals surface area contributed by atoms with Crippen LogP contribution in [0.3, 0.4) is 0 Å². The molecule has 2 aromatic carbocycles. The lowest BCUT2D eigenvalue weighted by Gasteiger charge is -2.25. The fourth-order valence-electron chi connectivity index (χ4n) is 8.47. The van der Waals surface area contributed by atoms with Crippen molar-refractivity contribution in [3.63, 3.8) is 0 Å². The van der Waals surface area contributed by atoms with E-state index in [1.165, 1.54) is 0 Å². The first-order valence-corrected chi connectivity index (χ1v) is 20.1. The maximum absolute atomic E-state index is 14.3. The summed E-state index contributed by atoms with van der Waals surface area (Å²) in [7, 11) is 3.58. The zero-order valence-corrected chi connectivity index (χ0v) is 33.8. The number of aryl methyl sites for hydroxylation is 2. The molecule has 7 rings (SSSR count). The number of ether oxygens (including phenoxy) is 3. The maximum Gasteiger partial charge on any atom is 0.407 e. The van der Waals surface area contributed by atoms with Gasteiger partial charge in [0.25, 0.3) is 5.91 Å². The molecule has 2 fully saturated rings. The van der Waals surface area contributed by atoms with Gasteiger partial charge in [-0.25, -0.2) is 14.8 Å². The number of benzene rings is 2. The van der Waals surface area contributed by atoms with E-state index in [0.29, 0.717) is 29.7 Å². The van der Waals surface area contributed by atoms with E-state index in [1.54, 1.807) is 19.3 Å². The van der Waals surface area contributed by atoms with E-state index in [4.69, 9.17) is 24.2 Å². The number of carbonyl (C=O) groups is 3. The van der Waals surface area contributed by atoms with Crippen molar-refractivity contribution in [1.82, 2.24) is 29.3 Å². The highest BCUT2D eigenvalue weighted by Crippen LogP contribution is 2.40. The second-order valence-corrected chi connectivity index (χ2v) is 16.2. The Labute approximate surface area is 334 Å². The normalized spacial score (nSPS) is 17.6. The minimum absolute atomic E-state index is 0.0246. The van der Waals surface area contributed by atoms with Gasteiger partial charge in [-0.05, 0) is 94.8 Å². The smallest absolute Gasteiger partial charge is 0.407 e. The van der Waals surface area contributed by atoms with Crippen LogP contribution in [-0.2, 0) is 34.5 Å². The number of fused-ring (bicyclic) bond motifs is 4. The number of pyridine rings is 1. The molecule has 3 atom stereocenters. The number of alkyl carbamates (subject to hydrolysis) is 1. The number of aromatic nitrogens is 4. The number of unbranched alkanes of at least 4 members (excludes halogenated alkanes) is 4. The summed E-state index contributed by atoms with van der Waals surface area (Å²) in [6.07, 6.45) is 8.80. The van der Waals surface area contributed by atoms with Crippen molar-refractivity contribution < 1.29 is 28.6 Å². The molecule has 2 aliphatic heterocycles. The molecule has 5 aromatic rings. The van der Waals surface area contributed by atoms with Gasteiger partial charge in [-0.1, -0.05) is 56.2 Å². The first-order valence-electron chi connectivity index (χ1n) is 20.1. The molecule has 5 heterocycles. The van der Waals surface area contributed by atoms with Crippen LogP contribution in [0, 0.1) is 0 Å². The number of carbonyl (C=O) groups excluding carboxylic acids is 3. The van der Waals surface area contributed by atoms with Gasteiger partial charge < -0.3 is 33.6 Å². The Bertz CT molecular complexity index is 2270. The zero-order chi connectivity index (χ0) is 40.3. The maximum atomic E-state index is 14.3. The van der Waals surface area contributed by atoms with Gasteiger partial charge in [0.05, 0.1) is 36.1 Å². The Kier molecular flexibility index (Phi) is 11.7. The Hall–Kier alpha value is -5.65. The van der Waals surface area contributed by atoms with Crippen LogP contribution in [0.1, 0.15) is 100 Å². The molecule has 1 N–H and O–H groups in total. The molecule has 2 amide bonds. The highest BCUT2D eigenvalue weighted by atomic mass is 16.6. The fraction of sp³-hybridized carbons (Fsp3) is 0.444. The van der Waals surface area contributed by atoms with Crippen molar-refractivity contribution in [2.45, 2.75) is 115 Å². The Morgan fingerprint density at radius 3 is 2.49 bits per heavy atom. The molecule has 12 heteroatoms. The largest absolute Gasteiger partial charge is 0.494 e. The van der Waals surface area contributed by atoms with Gasteiger partial charge in [0, 0.05) is 37.0 Å². The SMILES string of the molecule is C=Cc1ccc2cc(-c3nc4cc(C(=O)N5[C@H]6CC[C@@H]5[C@H](NC(=O)OCc5ccccc5)C6)cc(OC)c4n3C)n(CCCCCCCC(=O)OC(C)(C)C)c2n1. The lowest BCUT2D eigenvalue weighted by molar-refractivity contribution is -0.154. The molecule has 0 unspecified atom stereocenters. The highest BCUT2D eigenvalue weighted by molar-refractivity contribution is 6.01. The van der Waals surface area contributed by atoms with Crippen LogP contribution in [-0.4, -0.2) is 72.8 Å². The monoisotopic (exact) mass is 774 g/mol. The number of hydrogen-bond donors (Lipinski definition) is 1. The van der Waals surface area contributed by atoms with Crippen LogP contribution >= 0.6 is 0 Å². The average molecular weight is 775 g/mol. The molecule has 0 spiro atoms. The molecular weight excluding hydrogens is 721 g/mol. The zero-order valence-electron chi connectivity index (χ0n) is 33.8. The van der Waals surface area contributed by atoms with Gasteiger partial charge in [-0.3, -0.25) is 9.59 Å². The second-order valence-electron chi connectivity index (χ2n) is 16.2. The quantitative estimate of drug-likeness (QED) is 0.0827. The van der Waals surface area contributed by atoms with Crippen molar-refractivity contribution in [3.05, 3.63) is 84.1 Å². The lowest BCUT2D eigenvalue weighted by atomic mass is 9.96. The molecular formula is C45H54N6O6. The summed E-state index contributed by atoms with van der Waals surface area (Å²) < 4.78 is 21.1. The predicted molar refractivity (Wildman–Crippen MR) is 221 cm³/mol. The summed E-state index contributed by atoms with van der Waals surface area (Å²) in [6.45, 7) is 10.5. The first-order chi connectivity index (χ1) is 27.4. The average Bonchev–Trinajstić information content (AvgIpc) is 3.95. The van der Waals surface area contributed by atoms with Crippen LogP contribution in [0.25, 0.3) is 39.7 Å². The van der Waals surface area contributed by atoms with E-state index in [9.17, 15) is 14.4 Å². The first kappa shape index (κ1) is 39.6. The van der Waals surface area contributed by atoms with Crippen LogP contribution < -0.4 is 10.1 Å². The summed E-state index contributed by atoms with van der Waals surface area (Å²) in [5, 5.41) is 4.03. The van der Waals surface area contributed by atoms with Gasteiger partial charge in [0.2, 0.25) is 0 Å². The number of nitrogens with zero attached hydrogens (tertiary/aromatic N) is 5. The molecule has 2 bridgehead atoms. The third kappa shape index (κ3) is 8.69. The van der Waals surface area contributed by atoms with Crippen molar-refractivity contribution in [3.8, 4) is 17.3 Å². The molecule has 12 nitrogen and oxygen atoms in total. The number of methoxy groups -OCH3 is 1. The van der Waals surface area contributed by atoms with Crippen LogP contribution in [0.15, 0.2) is 67.2 Å². The summed E-state index contributed by atoms with van der Waals surface area (Å²) in [5.41, 5.74) is 4.97. The number of esters is 1. The number of imidazole rings is 1.